The molecule has 24 heavy (non-hydrogen) atoms. The van der Waals surface area contributed by atoms with E-state index < -0.39 is 24.0 Å². The Morgan fingerprint density at radius 2 is 1.75 bits per heavy atom. The number of carbonyl (C=O) groups is 3. The fourth-order valence-corrected chi connectivity index (χ4v) is 2.97. The Bertz CT molecular complexity index is 600. The Morgan fingerprint density at radius 3 is 2.38 bits per heavy atom. The second-order valence-corrected chi connectivity index (χ2v) is 5.48. The third-order valence-corrected chi connectivity index (χ3v) is 4.06. The summed E-state index contributed by atoms with van der Waals surface area (Å²) in [6, 6.07) is 0. The summed E-state index contributed by atoms with van der Waals surface area (Å²) in [6.07, 6.45) is 2.58. The first kappa shape index (κ1) is 18.0. The molecule has 1 atom stereocenters. The highest BCUT2D eigenvalue weighted by atomic mass is 16.6. The third kappa shape index (κ3) is 3.44. The van der Waals surface area contributed by atoms with Crippen molar-refractivity contribution in [1.82, 2.24) is 0 Å². The summed E-state index contributed by atoms with van der Waals surface area (Å²) < 4.78 is 20.4. The molecule has 0 aromatic rings. The maximum Gasteiger partial charge on any atom is 0.352 e. The van der Waals surface area contributed by atoms with Crippen LogP contribution in [0.2, 0.25) is 0 Å². The van der Waals surface area contributed by atoms with Crippen molar-refractivity contribution in [3.63, 3.8) is 0 Å². The third-order valence-electron chi connectivity index (χ3n) is 4.06. The van der Waals surface area contributed by atoms with E-state index in [4.69, 9.17) is 18.9 Å². The minimum absolute atomic E-state index is 0.0854. The van der Waals surface area contributed by atoms with Crippen LogP contribution in [-0.4, -0.2) is 44.8 Å². The molecule has 2 rings (SSSR count). The van der Waals surface area contributed by atoms with Crippen LogP contribution in [0.25, 0.3) is 0 Å². The molecule has 0 saturated heterocycles. The van der Waals surface area contributed by atoms with Gasteiger partial charge in [0.05, 0.1) is 26.4 Å². The van der Waals surface area contributed by atoms with Crippen LogP contribution in [0.15, 0.2) is 22.5 Å². The first-order chi connectivity index (χ1) is 11.5. The number of esters is 3. The van der Waals surface area contributed by atoms with Gasteiger partial charge in [0, 0.05) is 12.0 Å². The second-order valence-electron chi connectivity index (χ2n) is 5.48. The Kier molecular flexibility index (Phi) is 6.00. The lowest BCUT2D eigenvalue weighted by atomic mass is 9.90. The topological polar surface area (TPSA) is 88.1 Å². The number of ether oxygens (including phenoxy) is 4. The standard InChI is InChI=1S/C17H22O7/c1-4-23-16(19)12-10-8-6-5-7-9-11(10)24-14(17(20)22-3)13(12)15(18)21-2/h14H,4-9H2,1-3H3. The summed E-state index contributed by atoms with van der Waals surface area (Å²) in [7, 11) is 2.38. The predicted molar refractivity (Wildman–Crippen MR) is 82.7 cm³/mol. The number of hydrogen-bond acceptors (Lipinski definition) is 7. The lowest BCUT2D eigenvalue weighted by molar-refractivity contribution is -0.153. The molecule has 2 aliphatic rings. The van der Waals surface area contributed by atoms with Crippen LogP contribution < -0.4 is 0 Å². The molecule has 1 unspecified atom stereocenters. The highest BCUT2D eigenvalue weighted by Gasteiger charge is 2.43. The Balaban J connectivity index is 2.64. The average molecular weight is 338 g/mol. The quantitative estimate of drug-likeness (QED) is 0.570. The molecule has 7 heteroatoms. The zero-order valence-electron chi connectivity index (χ0n) is 14.2. The van der Waals surface area contributed by atoms with Crippen LogP contribution in [0, 0.1) is 0 Å². The normalized spacial score (nSPS) is 20.5. The van der Waals surface area contributed by atoms with Crippen LogP contribution in [0.4, 0.5) is 0 Å². The van der Waals surface area contributed by atoms with E-state index in [2.05, 4.69) is 0 Å². The number of hydrogen-bond donors (Lipinski definition) is 0. The summed E-state index contributed by atoms with van der Waals surface area (Å²) in [5, 5.41) is 0. The zero-order chi connectivity index (χ0) is 17.7. The minimum atomic E-state index is -1.32. The van der Waals surface area contributed by atoms with Crippen molar-refractivity contribution in [2.24, 2.45) is 0 Å². The first-order valence-corrected chi connectivity index (χ1v) is 8.01. The Labute approximate surface area is 140 Å². The van der Waals surface area contributed by atoms with E-state index in [1.54, 1.807) is 6.92 Å². The van der Waals surface area contributed by atoms with Gasteiger partial charge in [-0.15, -0.1) is 0 Å². The van der Waals surface area contributed by atoms with Gasteiger partial charge >= 0.3 is 17.9 Å². The minimum Gasteiger partial charge on any atom is -0.478 e. The van der Waals surface area contributed by atoms with E-state index in [0.717, 1.165) is 19.3 Å². The highest BCUT2D eigenvalue weighted by molar-refractivity contribution is 6.08. The van der Waals surface area contributed by atoms with Gasteiger partial charge in [0.2, 0.25) is 6.10 Å². The van der Waals surface area contributed by atoms with Gasteiger partial charge in [-0.25, -0.2) is 14.4 Å². The summed E-state index contributed by atoms with van der Waals surface area (Å²) in [5.74, 6) is -1.65. The predicted octanol–water partition coefficient (Wildman–Crippen LogP) is 1.81. The fourth-order valence-electron chi connectivity index (χ4n) is 2.97. The molecule has 0 bridgehead atoms. The van der Waals surface area contributed by atoms with Crippen molar-refractivity contribution >= 4 is 17.9 Å². The lowest BCUT2D eigenvalue weighted by Gasteiger charge is -2.29. The van der Waals surface area contributed by atoms with E-state index in [1.807, 2.05) is 0 Å². The Morgan fingerprint density at radius 1 is 1.04 bits per heavy atom. The average Bonchev–Trinajstić information content (AvgIpc) is 2.83. The summed E-state index contributed by atoms with van der Waals surface area (Å²) in [5.41, 5.74) is 0.567. The van der Waals surface area contributed by atoms with Crippen molar-refractivity contribution in [2.75, 3.05) is 20.8 Å². The number of allylic oxidation sites excluding steroid dienone is 1. The van der Waals surface area contributed by atoms with Crippen LogP contribution >= 0.6 is 0 Å². The fraction of sp³-hybridized carbons (Fsp3) is 0.588. The molecule has 132 valence electrons. The molecule has 0 saturated carbocycles. The van der Waals surface area contributed by atoms with E-state index in [1.165, 1.54) is 14.2 Å². The van der Waals surface area contributed by atoms with Crippen LogP contribution in [0.1, 0.15) is 39.0 Å². The zero-order valence-corrected chi connectivity index (χ0v) is 14.2. The Hall–Kier alpha value is -2.31. The molecule has 0 N–H and O–H groups in total. The molecule has 0 fully saturated rings. The molecule has 0 amide bonds. The molecule has 1 heterocycles. The van der Waals surface area contributed by atoms with Crippen molar-refractivity contribution in [2.45, 2.75) is 45.1 Å². The van der Waals surface area contributed by atoms with Crippen LogP contribution in [-0.2, 0) is 33.3 Å². The van der Waals surface area contributed by atoms with Gasteiger partial charge in [-0.3, -0.25) is 0 Å². The molecular formula is C17H22O7. The number of methoxy groups -OCH3 is 2. The van der Waals surface area contributed by atoms with E-state index >= 15 is 0 Å². The molecule has 1 aliphatic heterocycles. The van der Waals surface area contributed by atoms with Gasteiger partial charge < -0.3 is 18.9 Å². The maximum absolute atomic E-state index is 12.5. The van der Waals surface area contributed by atoms with E-state index in [9.17, 15) is 14.4 Å². The van der Waals surface area contributed by atoms with Gasteiger partial charge in [-0.2, -0.15) is 0 Å². The van der Waals surface area contributed by atoms with Crippen LogP contribution in [0.3, 0.4) is 0 Å². The van der Waals surface area contributed by atoms with Gasteiger partial charge in [-0.05, 0) is 26.2 Å². The van der Waals surface area contributed by atoms with Crippen LogP contribution in [0.5, 0.6) is 0 Å². The van der Waals surface area contributed by atoms with Gasteiger partial charge in [0.25, 0.3) is 0 Å². The molecule has 0 aromatic carbocycles. The second kappa shape index (κ2) is 7.99. The molecule has 0 radical (unpaired) electrons. The van der Waals surface area contributed by atoms with Gasteiger partial charge in [-0.1, -0.05) is 6.42 Å². The van der Waals surface area contributed by atoms with E-state index in [-0.39, 0.29) is 17.8 Å². The monoisotopic (exact) mass is 338 g/mol. The van der Waals surface area contributed by atoms with Gasteiger partial charge in [0.15, 0.2) is 0 Å². The summed E-state index contributed by atoms with van der Waals surface area (Å²) in [6.45, 7) is 1.83. The van der Waals surface area contributed by atoms with Crippen molar-refractivity contribution < 1.29 is 33.3 Å². The molecule has 0 spiro atoms. The molecule has 0 aromatic heterocycles. The molecule has 7 nitrogen and oxygen atoms in total. The smallest absolute Gasteiger partial charge is 0.352 e. The lowest BCUT2D eigenvalue weighted by Crippen LogP contribution is -2.37. The number of rotatable bonds is 4. The van der Waals surface area contributed by atoms with Gasteiger partial charge in [0.1, 0.15) is 11.3 Å². The largest absolute Gasteiger partial charge is 0.478 e. The first-order valence-electron chi connectivity index (χ1n) is 8.01. The highest BCUT2D eigenvalue weighted by Crippen LogP contribution is 2.38. The number of carbonyl (C=O) groups excluding carboxylic acids is 3. The molecular weight excluding hydrogens is 316 g/mol. The van der Waals surface area contributed by atoms with Crippen molar-refractivity contribution in [1.29, 1.82) is 0 Å². The van der Waals surface area contributed by atoms with Crippen molar-refractivity contribution in [3.05, 3.63) is 22.5 Å². The summed E-state index contributed by atoms with van der Waals surface area (Å²) >= 11 is 0. The summed E-state index contributed by atoms with van der Waals surface area (Å²) in [4.78, 5) is 36.9. The molecule has 1 aliphatic carbocycles. The maximum atomic E-state index is 12.5. The van der Waals surface area contributed by atoms with E-state index in [0.29, 0.717) is 24.2 Å². The van der Waals surface area contributed by atoms with Crippen molar-refractivity contribution in [3.8, 4) is 0 Å². The SMILES string of the molecule is CCOC(=O)C1=C(C(=O)OC)C(C(=O)OC)OC2=C1CCCCC2.